The van der Waals surface area contributed by atoms with E-state index in [2.05, 4.69) is 0 Å². The molecule has 0 aromatic carbocycles. The third-order valence-corrected chi connectivity index (χ3v) is 1.39. The van der Waals surface area contributed by atoms with Crippen molar-refractivity contribution in [2.24, 2.45) is 0 Å². The van der Waals surface area contributed by atoms with E-state index in [9.17, 15) is 0 Å². The van der Waals surface area contributed by atoms with Gasteiger partial charge in [-0.1, -0.05) is 18.6 Å². The molecule has 12 heavy (non-hydrogen) atoms. The summed E-state index contributed by atoms with van der Waals surface area (Å²) in [5.41, 5.74) is 2.15. The molecule has 0 aliphatic rings. The molecule has 2 nitrogen and oxygen atoms in total. The van der Waals surface area contributed by atoms with Gasteiger partial charge in [0.05, 0.1) is 0 Å². The highest BCUT2D eigenvalue weighted by Gasteiger charge is 1.99. The molecule has 0 fully saturated rings. The number of nitriles is 2. The van der Waals surface area contributed by atoms with Crippen LogP contribution in [0.2, 0.25) is 0 Å². The Kier molecular flexibility index (Phi) is 4.49. The van der Waals surface area contributed by atoms with Gasteiger partial charge in [-0.15, -0.1) is 0 Å². The fourth-order valence-electron chi connectivity index (χ4n) is 0.868. The molecule has 0 amide bonds. The van der Waals surface area contributed by atoms with Gasteiger partial charge in [0.25, 0.3) is 0 Å². The summed E-state index contributed by atoms with van der Waals surface area (Å²) < 4.78 is 0. The average molecular weight is 160 g/mol. The Morgan fingerprint density at radius 3 is 2.00 bits per heavy atom. The number of rotatable bonds is 2. The Morgan fingerprint density at radius 1 is 1.25 bits per heavy atom. The van der Waals surface area contributed by atoms with Crippen LogP contribution in [0.4, 0.5) is 0 Å². The van der Waals surface area contributed by atoms with Gasteiger partial charge in [0, 0.05) is 0 Å². The predicted octanol–water partition coefficient (Wildman–Crippen LogP) is 2.71. The van der Waals surface area contributed by atoms with E-state index in [1.807, 2.05) is 39.0 Å². The van der Waals surface area contributed by atoms with E-state index in [0.29, 0.717) is 0 Å². The van der Waals surface area contributed by atoms with Gasteiger partial charge in [-0.05, 0) is 25.8 Å². The lowest BCUT2D eigenvalue weighted by molar-refractivity contribution is 1.12. The molecule has 2 heteroatoms. The Bertz CT molecular complexity index is 275. The summed E-state index contributed by atoms with van der Waals surface area (Å²) in [5, 5.41) is 17.2. The van der Waals surface area contributed by atoms with E-state index in [-0.39, 0.29) is 5.57 Å². The minimum atomic E-state index is 0.221. The summed E-state index contributed by atoms with van der Waals surface area (Å²) in [4.78, 5) is 0. The summed E-state index contributed by atoms with van der Waals surface area (Å²) in [6.45, 7) is 5.83. The highest BCUT2D eigenvalue weighted by atomic mass is 14.3. The summed E-state index contributed by atoms with van der Waals surface area (Å²) in [7, 11) is 0. The smallest absolute Gasteiger partial charge is 0.132 e. The van der Waals surface area contributed by atoms with Crippen molar-refractivity contribution in [1.29, 1.82) is 10.5 Å². The molecule has 0 spiro atoms. The van der Waals surface area contributed by atoms with E-state index < -0.39 is 0 Å². The Balaban J connectivity index is 5.04. The van der Waals surface area contributed by atoms with Crippen molar-refractivity contribution in [1.82, 2.24) is 0 Å². The van der Waals surface area contributed by atoms with Crippen molar-refractivity contribution in [3.05, 3.63) is 22.8 Å². The summed E-state index contributed by atoms with van der Waals surface area (Å²) in [6.07, 6.45) is 2.60. The van der Waals surface area contributed by atoms with Crippen molar-refractivity contribution in [3.63, 3.8) is 0 Å². The van der Waals surface area contributed by atoms with Crippen LogP contribution in [0.5, 0.6) is 0 Å². The summed E-state index contributed by atoms with van der Waals surface area (Å²) >= 11 is 0. The van der Waals surface area contributed by atoms with Gasteiger partial charge in [-0.25, -0.2) is 0 Å². The van der Waals surface area contributed by atoms with Crippen LogP contribution in [0.15, 0.2) is 22.8 Å². The van der Waals surface area contributed by atoms with Crippen molar-refractivity contribution < 1.29 is 0 Å². The molecule has 0 radical (unpaired) electrons. The number of hydrogen-bond donors (Lipinski definition) is 0. The largest absolute Gasteiger partial charge is 0.192 e. The Morgan fingerprint density at radius 2 is 1.75 bits per heavy atom. The maximum atomic E-state index is 8.58. The monoisotopic (exact) mass is 160 g/mol. The minimum Gasteiger partial charge on any atom is -0.192 e. The molecular formula is C10H12N2. The zero-order chi connectivity index (χ0) is 9.56. The number of hydrogen-bond acceptors (Lipinski definition) is 2. The van der Waals surface area contributed by atoms with E-state index in [1.54, 1.807) is 0 Å². The van der Waals surface area contributed by atoms with Crippen molar-refractivity contribution in [2.75, 3.05) is 0 Å². The van der Waals surface area contributed by atoms with Gasteiger partial charge >= 0.3 is 0 Å². The van der Waals surface area contributed by atoms with Crippen LogP contribution in [-0.2, 0) is 0 Å². The normalized spacial score (nSPS) is 7.75. The first kappa shape index (κ1) is 10.5. The highest BCUT2D eigenvalue weighted by molar-refractivity contribution is 5.45. The van der Waals surface area contributed by atoms with Gasteiger partial charge in [0.1, 0.15) is 17.7 Å². The van der Waals surface area contributed by atoms with Gasteiger partial charge < -0.3 is 0 Å². The summed E-state index contributed by atoms with van der Waals surface area (Å²) in [6, 6.07) is 3.76. The predicted molar refractivity (Wildman–Crippen MR) is 48.0 cm³/mol. The molecule has 0 aliphatic carbocycles. The molecule has 0 atom stereocenters. The lowest BCUT2D eigenvalue weighted by Gasteiger charge is -1.97. The van der Waals surface area contributed by atoms with E-state index in [1.165, 1.54) is 0 Å². The van der Waals surface area contributed by atoms with Crippen LogP contribution in [-0.4, -0.2) is 0 Å². The van der Waals surface area contributed by atoms with Gasteiger partial charge in [-0.3, -0.25) is 0 Å². The number of allylic oxidation sites excluding steroid dienone is 4. The third kappa shape index (κ3) is 3.03. The third-order valence-electron chi connectivity index (χ3n) is 1.39. The topological polar surface area (TPSA) is 47.6 Å². The molecule has 0 saturated heterocycles. The molecule has 0 saturated carbocycles. The van der Waals surface area contributed by atoms with Crippen molar-refractivity contribution in [3.8, 4) is 12.1 Å². The first-order valence-corrected chi connectivity index (χ1v) is 3.84. The van der Waals surface area contributed by atoms with Crippen LogP contribution < -0.4 is 0 Å². The molecule has 62 valence electrons. The molecule has 0 N–H and O–H groups in total. The minimum absolute atomic E-state index is 0.221. The first-order chi connectivity index (χ1) is 5.65. The molecule has 0 unspecified atom stereocenters. The number of nitrogens with zero attached hydrogens (tertiary/aromatic N) is 2. The second-order valence-electron chi connectivity index (χ2n) is 2.70. The molecule has 0 aromatic rings. The van der Waals surface area contributed by atoms with Crippen LogP contribution in [0, 0.1) is 22.7 Å². The summed E-state index contributed by atoms with van der Waals surface area (Å²) in [5.74, 6) is 0. The van der Waals surface area contributed by atoms with E-state index in [0.717, 1.165) is 17.6 Å². The Labute approximate surface area is 73.4 Å². The van der Waals surface area contributed by atoms with Gasteiger partial charge in [-0.2, -0.15) is 10.5 Å². The Hall–Kier alpha value is -1.54. The maximum absolute atomic E-state index is 8.58. The first-order valence-electron chi connectivity index (χ1n) is 3.84. The SMILES string of the molecule is CCC(C=C(C)C)=C(C#N)C#N. The molecule has 0 heterocycles. The quantitative estimate of drug-likeness (QED) is 0.460. The van der Waals surface area contributed by atoms with Crippen LogP contribution >= 0.6 is 0 Å². The molecular weight excluding hydrogens is 148 g/mol. The highest BCUT2D eigenvalue weighted by Crippen LogP contribution is 2.11. The fraction of sp³-hybridized carbons (Fsp3) is 0.400. The van der Waals surface area contributed by atoms with E-state index in [4.69, 9.17) is 10.5 Å². The average Bonchev–Trinajstić information content (AvgIpc) is 2.04. The second kappa shape index (κ2) is 5.16. The van der Waals surface area contributed by atoms with Gasteiger partial charge in [0.2, 0.25) is 0 Å². The standard InChI is InChI=1S/C10H12N2/c1-4-9(5-8(2)3)10(6-11)7-12/h5H,4H2,1-3H3. The van der Waals surface area contributed by atoms with Crippen LogP contribution in [0.25, 0.3) is 0 Å². The van der Waals surface area contributed by atoms with Crippen molar-refractivity contribution >= 4 is 0 Å². The molecule has 0 bridgehead atoms. The fourth-order valence-corrected chi connectivity index (χ4v) is 0.868. The lowest BCUT2D eigenvalue weighted by Crippen LogP contribution is -1.83. The zero-order valence-corrected chi connectivity index (χ0v) is 7.68. The van der Waals surface area contributed by atoms with Crippen LogP contribution in [0.3, 0.4) is 0 Å². The zero-order valence-electron chi connectivity index (χ0n) is 7.68. The van der Waals surface area contributed by atoms with Crippen molar-refractivity contribution in [2.45, 2.75) is 27.2 Å². The second-order valence-corrected chi connectivity index (χ2v) is 2.70. The van der Waals surface area contributed by atoms with Gasteiger partial charge in [0.15, 0.2) is 0 Å². The van der Waals surface area contributed by atoms with Crippen LogP contribution in [0.1, 0.15) is 27.2 Å². The molecule has 0 rings (SSSR count). The lowest BCUT2D eigenvalue weighted by atomic mass is 10.1. The maximum Gasteiger partial charge on any atom is 0.132 e. The molecule has 0 aliphatic heterocycles. The van der Waals surface area contributed by atoms with E-state index >= 15 is 0 Å². The molecule has 0 aromatic heterocycles.